The Morgan fingerprint density at radius 2 is 1.88 bits per heavy atom. The van der Waals surface area contributed by atoms with Gasteiger partial charge in [0.1, 0.15) is 12.4 Å². The Balaban J connectivity index is 1.87. The Morgan fingerprint density at radius 3 is 2.56 bits per heavy atom. The molecule has 0 saturated carbocycles. The van der Waals surface area contributed by atoms with Gasteiger partial charge in [0.2, 0.25) is 0 Å². The molecule has 4 nitrogen and oxygen atoms in total. The summed E-state index contributed by atoms with van der Waals surface area (Å²) >= 11 is 6.16. The van der Waals surface area contributed by atoms with Gasteiger partial charge in [0.25, 0.3) is 5.78 Å². The fraction of sp³-hybridized carbons (Fsp3) is 0.292. The van der Waals surface area contributed by atoms with E-state index in [9.17, 15) is 23.1 Å². The van der Waals surface area contributed by atoms with Crippen LogP contribution in [0.2, 0.25) is 5.02 Å². The van der Waals surface area contributed by atoms with Gasteiger partial charge in [0.05, 0.1) is 6.61 Å². The van der Waals surface area contributed by atoms with Gasteiger partial charge in [0, 0.05) is 16.2 Å². The number of hydrogen-bond donors (Lipinski definition) is 1. The van der Waals surface area contributed by atoms with Gasteiger partial charge in [0.15, 0.2) is 11.5 Å². The van der Waals surface area contributed by atoms with Crippen LogP contribution in [0.25, 0.3) is 6.08 Å². The number of allylic oxidation sites excluding steroid dienone is 2. The maximum absolute atomic E-state index is 12.8. The molecule has 1 N–H and O–H groups in total. The number of ketones is 1. The number of aliphatic hydroxyl groups is 1. The van der Waals surface area contributed by atoms with Crippen LogP contribution in [0.15, 0.2) is 59.4 Å². The molecule has 0 amide bonds. The number of alkyl halides is 3. The summed E-state index contributed by atoms with van der Waals surface area (Å²) < 4.78 is 49.9. The molecule has 0 unspecified atom stereocenters. The van der Waals surface area contributed by atoms with Crippen LogP contribution < -0.4 is 9.47 Å². The number of carbonyl (C=O) groups excluding carboxylic acids is 1. The van der Waals surface area contributed by atoms with E-state index in [1.54, 1.807) is 30.3 Å². The highest BCUT2D eigenvalue weighted by Gasteiger charge is 2.42. The number of Topliss-reactive ketones (excluding diaryl/α,β-unsaturated/α-hetero) is 1. The van der Waals surface area contributed by atoms with Gasteiger partial charge in [-0.05, 0) is 61.6 Å². The standard InChI is InChI=1S/C24H22ClF3O4/c1-2-31-21-13-15(10-11-20(21)32-14-17-6-3-4-9-19(17)25)12-16-7-5-8-18(22(16)29)23(30)24(26,27)28/h3-4,6,9-13,29H,2,5,7-8,14H2,1H3/b16-12+. The predicted octanol–water partition coefficient (Wildman–Crippen LogP) is 6.83. The molecule has 0 aliphatic heterocycles. The summed E-state index contributed by atoms with van der Waals surface area (Å²) in [6, 6.07) is 12.3. The normalized spacial score (nSPS) is 15.7. The predicted molar refractivity (Wildman–Crippen MR) is 116 cm³/mol. The zero-order valence-electron chi connectivity index (χ0n) is 17.3. The summed E-state index contributed by atoms with van der Waals surface area (Å²) in [5, 5.41) is 10.9. The molecule has 0 fully saturated rings. The highest BCUT2D eigenvalue weighted by atomic mass is 35.5. The second-order valence-electron chi connectivity index (χ2n) is 7.20. The minimum absolute atomic E-state index is 0.111. The van der Waals surface area contributed by atoms with Crippen molar-refractivity contribution in [1.29, 1.82) is 0 Å². The van der Waals surface area contributed by atoms with Crippen molar-refractivity contribution in [2.75, 3.05) is 6.61 Å². The van der Waals surface area contributed by atoms with Crippen molar-refractivity contribution in [3.8, 4) is 11.5 Å². The first-order valence-corrected chi connectivity index (χ1v) is 10.5. The second kappa shape index (κ2) is 10.1. The zero-order chi connectivity index (χ0) is 23.3. The molecule has 0 atom stereocenters. The lowest BCUT2D eigenvalue weighted by Crippen LogP contribution is -2.27. The lowest BCUT2D eigenvalue weighted by Gasteiger charge is -2.19. The van der Waals surface area contributed by atoms with E-state index in [1.807, 2.05) is 25.1 Å². The zero-order valence-corrected chi connectivity index (χ0v) is 18.1. The Morgan fingerprint density at radius 1 is 1.12 bits per heavy atom. The minimum Gasteiger partial charge on any atom is -0.507 e. The highest BCUT2D eigenvalue weighted by Crippen LogP contribution is 2.36. The van der Waals surface area contributed by atoms with Crippen molar-refractivity contribution in [1.82, 2.24) is 0 Å². The Bertz CT molecular complexity index is 1060. The van der Waals surface area contributed by atoms with Crippen molar-refractivity contribution < 1.29 is 32.5 Å². The summed E-state index contributed by atoms with van der Waals surface area (Å²) in [6.07, 6.45) is -2.88. The van der Waals surface area contributed by atoms with Gasteiger partial charge in [-0.25, -0.2) is 0 Å². The summed E-state index contributed by atoms with van der Waals surface area (Å²) in [5.74, 6) is -1.68. The highest BCUT2D eigenvalue weighted by molar-refractivity contribution is 6.31. The first-order chi connectivity index (χ1) is 15.2. The summed E-state index contributed by atoms with van der Waals surface area (Å²) in [7, 11) is 0. The number of benzene rings is 2. The van der Waals surface area contributed by atoms with E-state index < -0.39 is 23.3 Å². The molecule has 0 spiro atoms. The van der Waals surface area contributed by atoms with Gasteiger partial charge in [-0.1, -0.05) is 35.9 Å². The number of ether oxygens (including phenoxy) is 2. The van der Waals surface area contributed by atoms with Gasteiger partial charge >= 0.3 is 6.18 Å². The monoisotopic (exact) mass is 466 g/mol. The number of hydrogen-bond acceptors (Lipinski definition) is 4. The minimum atomic E-state index is -5.02. The molecule has 32 heavy (non-hydrogen) atoms. The van der Waals surface area contributed by atoms with E-state index in [2.05, 4.69) is 0 Å². The molecule has 0 radical (unpaired) electrons. The molecule has 2 aromatic rings. The van der Waals surface area contributed by atoms with Crippen LogP contribution in [-0.2, 0) is 11.4 Å². The lowest BCUT2D eigenvalue weighted by molar-refractivity contribution is -0.167. The second-order valence-corrected chi connectivity index (χ2v) is 7.60. The molecule has 0 aromatic heterocycles. The smallest absolute Gasteiger partial charge is 0.454 e. The third-order valence-corrected chi connectivity index (χ3v) is 5.31. The van der Waals surface area contributed by atoms with Crippen molar-refractivity contribution in [3.05, 3.63) is 75.5 Å². The van der Waals surface area contributed by atoms with Gasteiger partial charge in [-0.2, -0.15) is 13.2 Å². The molecular formula is C24H22ClF3O4. The van der Waals surface area contributed by atoms with E-state index in [4.69, 9.17) is 21.1 Å². The van der Waals surface area contributed by atoms with Crippen LogP contribution in [0, 0.1) is 0 Å². The molecule has 1 aliphatic carbocycles. The molecule has 2 aromatic carbocycles. The molecule has 1 aliphatic rings. The molecule has 8 heteroatoms. The fourth-order valence-electron chi connectivity index (χ4n) is 3.39. The maximum Gasteiger partial charge on any atom is 0.454 e. The van der Waals surface area contributed by atoms with Crippen LogP contribution in [0.1, 0.15) is 37.3 Å². The van der Waals surface area contributed by atoms with Crippen molar-refractivity contribution in [2.24, 2.45) is 0 Å². The third-order valence-electron chi connectivity index (χ3n) is 4.94. The maximum atomic E-state index is 12.8. The average Bonchev–Trinajstić information content (AvgIpc) is 2.75. The number of aliphatic hydroxyl groups excluding tert-OH is 1. The van der Waals surface area contributed by atoms with Gasteiger partial charge in [-0.15, -0.1) is 0 Å². The van der Waals surface area contributed by atoms with Crippen molar-refractivity contribution >= 4 is 23.5 Å². The number of rotatable bonds is 7. The fourth-order valence-corrected chi connectivity index (χ4v) is 3.58. The van der Waals surface area contributed by atoms with Crippen LogP contribution in [-0.4, -0.2) is 23.7 Å². The third kappa shape index (κ3) is 5.65. The van der Waals surface area contributed by atoms with Crippen LogP contribution >= 0.6 is 11.6 Å². The number of carbonyl (C=O) groups is 1. The van der Waals surface area contributed by atoms with E-state index in [-0.39, 0.29) is 18.6 Å². The Hall–Kier alpha value is -2.93. The molecule has 0 saturated heterocycles. The topological polar surface area (TPSA) is 55.8 Å². The lowest BCUT2D eigenvalue weighted by atomic mass is 9.89. The molecular weight excluding hydrogens is 445 g/mol. The first-order valence-electron chi connectivity index (χ1n) is 10.1. The van der Waals surface area contributed by atoms with E-state index >= 15 is 0 Å². The molecule has 0 heterocycles. The summed E-state index contributed by atoms with van der Waals surface area (Å²) in [4.78, 5) is 11.6. The summed E-state index contributed by atoms with van der Waals surface area (Å²) in [5.41, 5.74) is 1.08. The van der Waals surface area contributed by atoms with Crippen molar-refractivity contribution in [3.63, 3.8) is 0 Å². The van der Waals surface area contributed by atoms with Crippen LogP contribution in [0.5, 0.6) is 11.5 Å². The quantitative estimate of drug-likeness (QED) is 0.486. The van der Waals surface area contributed by atoms with E-state index in [0.29, 0.717) is 41.5 Å². The van der Waals surface area contributed by atoms with Gasteiger partial charge < -0.3 is 14.6 Å². The Kier molecular flexibility index (Phi) is 7.51. The van der Waals surface area contributed by atoms with E-state index in [1.165, 1.54) is 0 Å². The van der Waals surface area contributed by atoms with Crippen LogP contribution in [0.4, 0.5) is 13.2 Å². The largest absolute Gasteiger partial charge is 0.507 e. The first kappa shape index (κ1) is 23.7. The summed E-state index contributed by atoms with van der Waals surface area (Å²) in [6.45, 7) is 2.41. The molecule has 0 bridgehead atoms. The Labute approximate surface area is 188 Å². The molecule has 170 valence electrons. The SMILES string of the molecule is CCOc1cc(/C=C2\CCCC(C(=O)C(F)(F)F)=C2O)ccc1OCc1ccccc1Cl. The molecule has 3 rings (SSSR count). The van der Waals surface area contributed by atoms with Crippen molar-refractivity contribution in [2.45, 2.75) is 39.0 Å². The van der Waals surface area contributed by atoms with Gasteiger partial charge in [-0.3, -0.25) is 4.79 Å². The number of halogens is 4. The van der Waals surface area contributed by atoms with E-state index in [0.717, 1.165) is 5.56 Å². The average molecular weight is 467 g/mol. The van der Waals surface area contributed by atoms with Crippen LogP contribution in [0.3, 0.4) is 0 Å².